The molecule has 0 aliphatic rings. The van der Waals surface area contributed by atoms with Crippen LogP contribution in [0.25, 0.3) is 0 Å². The smallest absolute Gasteiger partial charge is 0.408 e. The first-order valence-corrected chi connectivity index (χ1v) is 6.22. The summed E-state index contributed by atoms with van der Waals surface area (Å²) < 4.78 is 5.12. The molecule has 4 N–H and O–H groups in total. The lowest BCUT2D eigenvalue weighted by molar-refractivity contribution is 0.0517. The Labute approximate surface area is 109 Å². The van der Waals surface area contributed by atoms with Gasteiger partial charge in [-0.05, 0) is 32.2 Å². The number of carbonyl (C=O) groups is 1. The first-order chi connectivity index (χ1) is 8.33. The van der Waals surface area contributed by atoms with Crippen LogP contribution in [0.5, 0.6) is 0 Å². The molecule has 0 unspecified atom stereocenters. The van der Waals surface area contributed by atoms with Gasteiger partial charge in [0, 0.05) is 4.88 Å². The van der Waals surface area contributed by atoms with Crippen molar-refractivity contribution < 1.29 is 14.7 Å². The molecule has 1 rings (SSSR count). The lowest BCUT2D eigenvalue weighted by atomic mass is 10.2. The maximum Gasteiger partial charge on any atom is 0.408 e. The van der Waals surface area contributed by atoms with E-state index in [1.807, 2.05) is 11.4 Å². The highest BCUT2D eigenvalue weighted by Crippen LogP contribution is 2.20. The van der Waals surface area contributed by atoms with Gasteiger partial charge in [0.1, 0.15) is 11.6 Å². The van der Waals surface area contributed by atoms with Crippen LogP contribution in [0.1, 0.15) is 31.7 Å². The molecule has 1 aromatic rings. The Kier molecular flexibility index (Phi) is 4.55. The number of carbonyl (C=O) groups excluding carboxylic acids is 1. The average molecular weight is 271 g/mol. The van der Waals surface area contributed by atoms with Gasteiger partial charge in [0.05, 0.1) is 0 Å². The number of ether oxygens (including phenoxy) is 1. The van der Waals surface area contributed by atoms with E-state index in [0.29, 0.717) is 0 Å². The molecule has 0 aliphatic heterocycles. The Morgan fingerprint density at radius 2 is 2.28 bits per heavy atom. The Morgan fingerprint density at radius 1 is 1.61 bits per heavy atom. The number of oxime groups is 1. The van der Waals surface area contributed by atoms with Gasteiger partial charge in [-0.2, -0.15) is 0 Å². The predicted molar refractivity (Wildman–Crippen MR) is 69.8 cm³/mol. The fourth-order valence-electron chi connectivity index (χ4n) is 1.23. The fourth-order valence-corrected chi connectivity index (χ4v) is 2.02. The fraction of sp³-hybridized carbons (Fsp3) is 0.455. The van der Waals surface area contributed by atoms with Crippen molar-refractivity contribution in [2.75, 3.05) is 0 Å². The Bertz CT molecular complexity index is 423. The van der Waals surface area contributed by atoms with Crippen molar-refractivity contribution >= 4 is 23.3 Å². The van der Waals surface area contributed by atoms with Crippen molar-refractivity contribution in [3.05, 3.63) is 22.4 Å². The molecule has 0 aliphatic carbocycles. The topological polar surface area (TPSA) is 96.9 Å². The van der Waals surface area contributed by atoms with E-state index < -0.39 is 17.7 Å². The van der Waals surface area contributed by atoms with Gasteiger partial charge in [-0.1, -0.05) is 11.2 Å². The third-order valence-corrected chi connectivity index (χ3v) is 2.84. The summed E-state index contributed by atoms with van der Waals surface area (Å²) in [5.41, 5.74) is 4.95. The van der Waals surface area contributed by atoms with Crippen LogP contribution in [0, 0.1) is 0 Å². The molecule has 0 saturated carbocycles. The van der Waals surface area contributed by atoms with Crippen molar-refractivity contribution in [2.45, 2.75) is 32.4 Å². The first kappa shape index (κ1) is 14.3. The van der Waals surface area contributed by atoms with Gasteiger partial charge < -0.3 is 21.0 Å². The van der Waals surface area contributed by atoms with Gasteiger partial charge in [-0.3, -0.25) is 0 Å². The standard InChI is InChI=1S/C11H17N3O3S/c1-11(2,3)17-10(15)13-8(9(12)14-16)7-5-4-6-18-7/h4-6,8,16H,1-3H3,(H2,12,14)(H,13,15)/t8-/m0/s1. The van der Waals surface area contributed by atoms with Gasteiger partial charge in [-0.15, -0.1) is 11.3 Å². The number of hydrogen-bond donors (Lipinski definition) is 3. The molecule has 1 aromatic heterocycles. The summed E-state index contributed by atoms with van der Waals surface area (Å²) in [5.74, 6) is -0.0942. The van der Waals surface area contributed by atoms with Crippen LogP contribution >= 0.6 is 11.3 Å². The number of amides is 1. The number of rotatable bonds is 3. The minimum absolute atomic E-state index is 0.0942. The second kappa shape index (κ2) is 5.72. The second-order valence-corrected chi connectivity index (χ2v) is 5.60. The highest BCUT2D eigenvalue weighted by atomic mass is 32.1. The summed E-state index contributed by atoms with van der Waals surface area (Å²) >= 11 is 1.39. The van der Waals surface area contributed by atoms with Crippen LogP contribution < -0.4 is 11.1 Å². The molecule has 1 atom stereocenters. The molecule has 0 spiro atoms. The first-order valence-electron chi connectivity index (χ1n) is 5.34. The van der Waals surface area contributed by atoms with Gasteiger partial charge in [0.15, 0.2) is 5.84 Å². The molecule has 0 fully saturated rings. The molecule has 0 radical (unpaired) electrons. The highest BCUT2D eigenvalue weighted by Gasteiger charge is 2.23. The zero-order chi connectivity index (χ0) is 13.8. The van der Waals surface area contributed by atoms with Crippen molar-refractivity contribution in [1.82, 2.24) is 5.32 Å². The van der Waals surface area contributed by atoms with Gasteiger partial charge in [0.25, 0.3) is 0 Å². The van der Waals surface area contributed by atoms with Crippen LogP contribution in [-0.4, -0.2) is 22.7 Å². The van der Waals surface area contributed by atoms with Crippen molar-refractivity contribution in [1.29, 1.82) is 0 Å². The van der Waals surface area contributed by atoms with Crippen LogP contribution in [0.4, 0.5) is 4.79 Å². The van der Waals surface area contributed by atoms with Crippen LogP contribution in [-0.2, 0) is 4.74 Å². The number of thiophene rings is 1. The molecule has 1 amide bonds. The van der Waals surface area contributed by atoms with E-state index in [1.165, 1.54) is 11.3 Å². The molecule has 0 bridgehead atoms. The maximum atomic E-state index is 11.7. The maximum absolute atomic E-state index is 11.7. The van der Waals surface area contributed by atoms with E-state index in [4.69, 9.17) is 15.7 Å². The summed E-state index contributed by atoms with van der Waals surface area (Å²) in [6, 6.07) is 2.91. The van der Waals surface area contributed by atoms with Crippen molar-refractivity contribution in [2.24, 2.45) is 10.9 Å². The van der Waals surface area contributed by atoms with Gasteiger partial charge in [0.2, 0.25) is 0 Å². The average Bonchev–Trinajstić information content (AvgIpc) is 2.75. The van der Waals surface area contributed by atoms with Crippen molar-refractivity contribution in [3.63, 3.8) is 0 Å². The van der Waals surface area contributed by atoms with Gasteiger partial charge >= 0.3 is 6.09 Å². The number of nitrogens with one attached hydrogen (secondary N) is 1. The molecule has 100 valence electrons. The summed E-state index contributed by atoms with van der Waals surface area (Å²) in [6.07, 6.45) is -0.618. The number of hydrogen-bond acceptors (Lipinski definition) is 5. The summed E-state index contributed by atoms with van der Waals surface area (Å²) in [7, 11) is 0. The van der Waals surface area contributed by atoms with E-state index in [1.54, 1.807) is 26.8 Å². The summed E-state index contributed by atoms with van der Waals surface area (Å²) in [6.45, 7) is 5.28. The van der Waals surface area contributed by atoms with E-state index in [0.717, 1.165) is 4.88 Å². The third kappa shape index (κ3) is 4.25. The van der Waals surface area contributed by atoms with E-state index >= 15 is 0 Å². The highest BCUT2D eigenvalue weighted by molar-refractivity contribution is 7.10. The molecule has 0 aromatic carbocycles. The van der Waals surface area contributed by atoms with Crippen LogP contribution in [0.2, 0.25) is 0 Å². The zero-order valence-corrected chi connectivity index (χ0v) is 11.3. The van der Waals surface area contributed by atoms with E-state index in [-0.39, 0.29) is 5.84 Å². The lowest BCUT2D eigenvalue weighted by Gasteiger charge is -2.22. The molecule has 7 heteroatoms. The summed E-state index contributed by atoms with van der Waals surface area (Å²) in [5, 5.41) is 16.0. The largest absolute Gasteiger partial charge is 0.444 e. The van der Waals surface area contributed by atoms with E-state index in [9.17, 15) is 4.79 Å². The third-order valence-electron chi connectivity index (χ3n) is 1.90. The quantitative estimate of drug-likeness (QED) is 0.339. The lowest BCUT2D eigenvalue weighted by Crippen LogP contribution is -2.40. The van der Waals surface area contributed by atoms with Crippen LogP contribution in [0.15, 0.2) is 22.7 Å². The molecule has 1 heterocycles. The Morgan fingerprint density at radius 3 is 2.72 bits per heavy atom. The van der Waals surface area contributed by atoms with Crippen LogP contribution in [0.3, 0.4) is 0 Å². The number of amidine groups is 1. The van der Waals surface area contributed by atoms with E-state index in [2.05, 4.69) is 10.5 Å². The molecule has 0 saturated heterocycles. The number of alkyl carbamates (subject to hydrolysis) is 1. The molecule has 6 nitrogen and oxygen atoms in total. The predicted octanol–water partition coefficient (Wildman–Crippen LogP) is 2.06. The minimum atomic E-state index is -0.690. The minimum Gasteiger partial charge on any atom is -0.444 e. The molecular formula is C11H17N3O3S. The normalized spacial score (nSPS) is 14.1. The SMILES string of the molecule is CC(C)(C)OC(=O)N[C@H](C(N)=NO)c1cccs1. The summed E-state index contributed by atoms with van der Waals surface area (Å²) in [4.78, 5) is 12.4. The number of nitrogens with two attached hydrogens (primary N) is 1. The zero-order valence-electron chi connectivity index (χ0n) is 10.5. The second-order valence-electron chi connectivity index (χ2n) is 4.62. The monoisotopic (exact) mass is 271 g/mol. The van der Waals surface area contributed by atoms with Crippen molar-refractivity contribution in [3.8, 4) is 0 Å². The Hall–Kier alpha value is -1.76. The van der Waals surface area contributed by atoms with Gasteiger partial charge in [-0.25, -0.2) is 4.79 Å². The molecular weight excluding hydrogens is 254 g/mol. The number of nitrogens with zero attached hydrogens (tertiary/aromatic N) is 1. The molecule has 18 heavy (non-hydrogen) atoms. The Balaban J connectivity index is 2.78.